The predicted molar refractivity (Wildman–Crippen MR) is 69.8 cm³/mol. The molecule has 2 aliphatic rings. The Hall–Kier alpha value is -0.570. The van der Waals surface area contributed by atoms with Gasteiger partial charge in [0.25, 0.3) is 0 Å². The van der Waals surface area contributed by atoms with E-state index in [1.807, 2.05) is 0 Å². The summed E-state index contributed by atoms with van der Waals surface area (Å²) in [6, 6.07) is 0.335. The number of hydrogen-bond acceptors (Lipinski definition) is 2. The second kappa shape index (κ2) is 5.38. The summed E-state index contributed by atoms with van der Waals surface area (Å²) in [5, 5.41) is 6.64. The van der Waals surface area contributed by atoms with Gasteiger partial charge in [-0.15, -0.1) is 0 Å². The van der Waals surface area contributed by atoms with Crippen LogP contribution in [-0.2, 0) is 4.79 Å². The Morgan fingerprint density at radius 1 is 1.29 bits per heavy atom. The van der Waals surface area contributed by atoms with Crippen LogP contribution >= 0.6 is 0 Å². The molecule has 1 saturated carbocycles. The molecule has 1 aliphatic carbocycles. The maximum Gasteiger partial charge on any atom is 0.226 e. The lowest BCUT2D eigenvalue weighted by atomic mass is 9.86. The Kier molecular flexibility index (Phi) is 4.08. The van der Waals surface area contributed by atoms with Crippen molar-refractivity contribution < 1.29 is 4.79 Å². The maximum absolute atomic E-state index is 12.3. The molecule has 3 nitrogen and oxygen atoms in total. The van der Waals surface area contributed by atoms with Gasteiger partial charge in [-0.05, 0) is 51.6 Å². The van der Waals surface area contributed by atoms with Crippen LogP contribution in [0.1, 0.15) is 52.4 Å². The van der Waals surface area contributed by atoms with E-state index in [9.17, 15) is 4.79 Å². The highest BCUT2D eigenvalue weighted by Gasteiger charge is 2.37. The Bertz CT molecular complexity index is 265. The molecule has 98 valence electrons. The molecule has 0 aromatic rings. The largest absolute Gasteiger partial charge is 0.353 e. The predicted octanol–water partition coefficient (Wildman–Crippen LogP) is 2.07. The molecule has 17 heavy (non-hydrogen) atoms. The lowest BCUT2D eigenvalue weighted by molar-refractivity contribution is -0.131. The number of piperidine rings is 1. The fourth-order valence-corrected chi connectivity index (χ4v) is 3.23. The molecule has 1 aliphatic heterocycles. The van der Waals surface area contributed by atoms with Crippen molar-refractivity contribution in [3.05, 3.63) is 0 Å². The summed E-state index contributed by atoms with van der Waals surface area (Å²) >= 11 is 0. The van der Waals surface area contributed by atoms with Gasteiger partial charge >= 0.3 is 0 Å². The minimum Gasteiger partial charge on any atom is -0.353 e. The van der Waals surface area contributed by atoms with Crippen LogP contribution < -0.4 is 10.6 Å². The second-order valence-electron chi connectivity index (χ2n) is 6.12. The van der Waals surface area contributed by atoms with Gasteiger partial charge in [0.1, 0.15) is 0 Å². The third kappa shape index (κ3) is 3.01. The summed E-state index contributed by atoms with van der Waals surface area (Å²) in [7, 11) is 0. The van der Waals surface area contributed by atoms with Crippen molar-refractivity contribution in [1.82, 2.24) is 10.6 Å². The number of carbonyl (C=O) groups is 1. The van der Waals surface area contributed by atoms with Crippen LogP contribution in [0.4, 0.5) is 0 Å². The monoisotopic (exact) mass is 238 g/mol. The van der Waals surface area contributed by atoms with Gasteiger partial charge < -0.3 is 10.6 Å². The minimum atomic E-state index is -0.0822. The van der Waals surface area contributed by atoms with Crippen molar-refractivity contribution in [2.45, 2.75) is 58.4 Å². The number of amides is 1. The summed E-state index contributed by atoms with van der Waals surface area (Å²) in [4.78, 5) is 12.3. The highest BCUT2D eigenvalue weighted by Crippen LogP contribution is 2.37. The first-order chi connectivity index (χ1) is 8.12. The standard InChI is InChI=1S/C14H26N2O/c1-11(12-5-9-15-10-6-12)16-13(17)14(2)7-3-4-8-14/h11-12,15H,3-10H2,1-2H3,(H,16,17). The van der Waals surface area contributed by atoms with Crippen molar-refractivity contribution in [1.29, 1.82) is 0 Å². The molecular weight excluding hydrogens is 212 g/mol. The van der Waals surface area contributed by atoms with Crippen molar-refractivity contribution in [3.63, 3.8) is 0 Å². The Morgan fingerprint density at radius 2 is 1.88 bits per heavy atom. The molecule has 0 aromatic carbocycles. The van der Waals surface area contributed by atoms with Crippen LogP contribution in [0.5, 0.6) is 0 Å². The van der Waals surface area contributed by atoms with E-state index in [4.69, 9.17) is 0 Å². The van der Waals surface area contributed by atoms with Gasteiger partial charge in [-0.25, -0.2) is 0 Å². The van der Waals surface area contributed by atoms with Crippen molar-refractivity contribution in [3.8, 4) is 0 Å². The molecule has 2 N–H and O–H groups in total. The Morgan fingerprint density at radius 3 is 2.47 bits per heavy atom. The van der Waals surface area contributed by atoms with Gasteiger partial charge in [-0.1, -0.05) is 19.8 Å². The summed E-state index contributed by atoms with van der Waals surface area (Å²) < 4.78 is 0. The fourth-order valence-electron chi connectivity index (χ4n) is 3.23. The maximum atomic E-state index is 12.3. The highest BCUT2D eigenvalue weighted by atomic mass is 16.2. The third-order valence-electron chi connectivity index (χ3n) is 4.70. The number of rotatable bonds is 3. The van der Waals surface area contributed by atoms with Crippen LogP contribution in [0.15, 0.2) is 0 Å². The summed E-state index contributed by atoms with van der Waals surface area (Å²) in [6.07, 6.45) is 6.95. The van der Waals surface area contributed by atoms with E-state index >= 15 is 0 Å². The van der Waals surface area contributed by atoms with E-state index in [0.29, 0.717) is 17.9 Å². The Labute approximate surface area is 105 Å². The molecule has 2 fully saturated rings. The number of nitrogens with one attached hydrogen (secondary N) is 2. The topological polar surface area (TPSA) is 41.1 Å². The molecular formula is C14H26N2O. The van der Waals surface area contributed by atoms with Gasteiger partial charge in [-0.3, -0.25) is 4.79 Å². The summed E-state index contributed by atoms with van der Waals surface area (Å²) in [5.74, 6) is 0.950. The van der Waals surface area contributed by atoms with Gasteiger partial charge in [0, 0.05) is 11.5 Å². The van der Waals surface area contributed by atoms with Crippen LogP contribution in [0, 0.1) is 11.3 Å². The quantitative estimate of drug-likeness (QED) is 0.790. The minimum absolute atomic E-state index is 0.0822. The van der Waals surface area contributed by atoms with E-state index in [0.717, 1.165) is 25.9 Å². The molecule has 0 radical (unpaired) electrons. The van der Waals surface area contributed by atoms with Gasteiger partial charge in [-0.2, -0.15) is 0 Å². The lowest BCUT2D eigenvalue weighted by Crippen LogP contribution is -2.47. The van der Waals surface area contributed by atoms with E-state index in [1.54, 1.807) is 0 Å². The van der Waals surface area contributed by atoms with Crippen LogP contribution in [0.25, 0.3) is 0 Å². The Balaban J connectivity index is 1.84. The molecule has 1 amide bonds. The van der Waals surface area contributed by atoms with Crippen molar-refractivity contribution in [2.75, 3.05) is 13.1 Å². The van der Waals surface area contributed by atoms with E-state index < -0.39 is 0 Å². The van der Waals surface area contributed by atoms with E-state index in [-0.39, 0.29) is 5.41 Å². The fraction of sp³-hybridized carbons (Fsp3) is 0.929. The normalized spacial score (nSPS) is 26.7. The second-order valence-corrected chi connectivity index (χ2v) is 6.12. The molecule has 1 unspecified atom stereocenters. The summed E-state index contributed by atoms with van der Waals surface area (Å²) in [5.41, 5.74) is -0.0822. The smallest absolute Gasteiger partial charge is 0.226 e. The van der Waals surface area contributed by atoms with Crippen molar-refractivity contribution >= 4 is 5.91 Å². The first-order valence-electron chi connectivity index (χ1n) is 7.13. The van der Waals surface area contributed by atoms with E-state index in [2.05, 4.69) is 24.5 Å². The zero-order chi connectivity index (χ0) is 12.3. The summed E-state index contributed by atoms with van der Waals surface area (Å²) in [6.45, 7) is 6.50. The van der Waals surface area contributed by atoms with E-state index in [1.165, 1.54) is 25.7 Å². The van der Waals surface area contributed by atoms with Gasteiger partial charge in [0.15, 0.2) is 0 Å². The molecule has 0 spiro atoms. The molecule has 1 heterocycles. The van der Waals surface area contributed by atoms with Gasteiger partial charge in [0.05, 0.1) is 0 Å². The molecule has 0 aromatic heterocycles. The van der Waals surface area contributed by atoms with Gasteiger partial charge in [0.2, 0.25) is 5.91 Å². The average Bonchev–Trinajstić information content (AvgIpc) is 2.78. The molecule has 2 rings (SSSR count). The van der Waals surface area contributed by atoms with Crippen molar-refractivity contribution in [2.24, 2.45) is 11.3 Å². The molecule has 1 atom stereocenters. The highest BCUT2D eigenvalue weighted by molar-refractivity contribution is 5.82. The zero-order valence-corrected chi connectivity index (χ0v) is 11.2. The van der Waals surface area contributed by atoms with Crippen LogP contribution in [0.2, 0.25) is 0 Å². The lowest BCUT2D eigenvalue weighted by Gasteiger charge is -2.32. The zero-order valence-electron chi connectivity index (χ0n) is 11.2. The van der Waals surface area contributed by atoms with Crippen LogP contribution in [-0.4, -0.2) is 25.0 Å². The molecule has 1 saturated heterocycles. The number of hydrogen-bond donors (Lipinski definition) is 2. The van der Waals surface area contributed by atoms with Crippen LogP contribution in [0.3, 0.4) is 0 Å². The first-order valence-corrected chi connectivity index (χ1v) is 7.13. The molecule has 0 bridgehead atoms. The average molecular weight is 238 g/mol. The first kappa shape index (κ1) is 12.9. The number of carbonyl (C=O) groups excluding carboxylic acids is 1. The third-order valence-corrected chi connectivity index (χ3v) is 4.70. The SMILES string of the molecule is CC(NC(=O)C1(C)CCCC1)C1CCNCC1. The molecule has 3 heteroatoms.